The van der Waals surface area contributed by atoms with Gasteiger partial charge in [0.25, 0.3) is 5.56 Å². The van der Waals surface area contributed by atoms with Crippen molar-refractivity contribution in [3.63, 3.8) is 0 Å². The Balaban J connectivity index is 2.31. The van der Waals surface area contributed by atoms with Crippen LogP contribution in [0.15, 0.2) is 23.0 Å². The number of amides is 1. The molecule has 0 bridgehead atoms. The molecule has 2 rings (SSSR count). The first-order chi connectivity index (χ1) is 12.0. The number of H-pyrrole nitrogens is 1. The van der Waals surface area contributed by atoms with Crippen molar-refractivity contribution in [2.45, 2.75) is 33.1 Å². The molecule has 0 aliphatic heterocycles. The van der Waals surface area contributed by atoms with Crippen LogP contribution in [0, 0.1) is 0 Å². The SMILES string of the molecule is CCN(CC)c1ccc2c(=O)[nH]nc(OC(=O)CCCC(N)=O)c2c1. The second kappa shape index (κ2) is 8.27. The summed E-state index contributed by atoms with van der Waals surface area (Å²) in [6.45, 7) is 5.68. The minimum Gasteiger partial charge on any atom is -0.405 e. The van der Waals surface area contributed by atoms with Crippen molar-refractivity contribution in [3.8, 4) is 5.88 Å². The van der Waals surface area contributed by atoms with Gasteiger partial charge in [-0.25, -0.2) is 5.10 Å². The van der Waals surface area contributed by atoms with Crippen molar-refractivity contribution in [1.82, 2.24) is 10.2 Å². The smallest absolute Gasteiger partial charge is 0.312 e. The van der Waals surface area contributed by atoms with Gasteiger partial charge in [0, 0.05) is 31.6 Å². The summed E-state index contributed by atoms with van der Waals surface area (Å²) in [5.41, 5.74) is 5.61. The number of primary amides is 1. The molecule has 1 aromatic carbocycles. The maximum absolute atomic E-state index is 12.0. The Kier molecular flexibility index (Phi) is 6.10. The Labute approximate surface area is 145 Å². The van der Waals surface area contributed by atoms with Gasteiger partial charge >= 0.3 is 5.97 Å². The van der Waals surface area contributed by atoms with Crippen molar-refractivity contribution >= 4 is 28.3 Å². The summed E-state index contributed by atoms with van der Waals surface area (Å²) in [6.07, 6.45) is 0.460. The maximum Gasteiger partial charge on any atom is 0.312 e. The Hall–Kier alpha value is -2.90. The summed E-state index contributed by atoms with van der Waals surface area (Å²) in [6, 6.07) is 5.33. The number of ether oxygens (including phenoxy) is 1. The molecule has 3 N–H and O–H groups in total. The van der Waals surface area contributed by atoms with E-state index in [4.69, 9.17) is 10.5 Å². The molecular weight excluding hydrogens is 324 g/mol. The van der Waals surface area contributed by atoms with Crippen LogP contribution >= 0.6 is 0 Å². The van der Waals surface area contributed by atoms with Crippen LogP contribution in [-0.2, 0) is 9.59 Å². The van der Waals surface area contributed by atoms with E-state index < -0.39 is 11.9 Å². The first-order valence-electron chi connectivity index (χ1n) is 8.22. The molecule has 1 aromatic heterocycles. The van der Waals surface area contributed by atoms with E-state index in [1.54, 1.807) is 12.1 Å². The largest absolute Gasteiger partial charge is 0.405 e. The Morgan fingerprint density at radius 2 is 1.92 bits per heavy atom. The summed E-state index contributed by atoms with van der Waals surface area (Å²) in [5, 5.41) is 7.04. The number of carbonyl (C=O) groups excluding carboxylic acids is 2. The van der Waals surface area contributed by atoms with Gasteiger partial charge in [0.15, 0.2) is 0 Å². The van der Waals surface area contributed by atoms with Gasteiger partial charge in [0.1, 0.15) is 0 Å². The van der Waals surface area contributed by atoms with E-state index in [1.165, 1.54) is 0 Å². The fourth-order valence-corrected chi connectivity index (χ4v) is 2.56. The molecule has 0 radical (unpaired) electrons. The van der Waals surface area contributed by atoms with Crippen molar-refractivity contribution < 1.29 is 14.3 Å². The van der Waals surface area contributed by atoms with Gasteiger partial charge in [-0.15, -0.1) is 5.10 Å². The average Bonchev–Trinajstić information content (AvgIpc) is 2.58. The number of nitrogens with zero attached hydrogens (tertiary/aromatic N) is 2. The summed E-state index contributed by atoms with van der Waals surface area (Å²) in [7, 11) is 0. The number of hydrogen-bond acceptors (Lipinski definition) is 6. The van der Waals surface area contributed by atoms with Crippen LogP contribution in [0.3, 0.4) is 0 Å². The van der Waals surface area contributed by atoms with Gasteiger partial charge in [-0.05, 0) is 38.5 Å². The highest BCUT2D eigenvalue weighted by Gasteiger charge is 2.14. The number of nitrogens with two attached hydrogens (primary N) is 1. The van der Waals surface area contributed by atoms with Crippen LogP contribution in [0.4, 0.5) is 5.69 Å². The van der Waals surface area contributed by atoms with Gasteiger partial charge in [-0.1, -0.05) is 0 Å². The first kappa shape index (κ1) is 18.4. The fourth-order valence-electron chi connectivity index (χ4n) is 2.56. The quantitative estimate of drug-likeness (QED) is 0.696. The number of carbonyl (C=O) groups is 2. The number of fused-ring (bicyclic) bond motifs is 1. The van der Waals surface area contributed by atoms with Gasteiger partial charge < -0.3 is 15.4 Å². The molecule has 0 fully saturated rings. The molecule has 8 heteroatoms. The van der Waals surface area contributed by atoms with E-state index in [0.717, 1.165) is 18.8 Å². The number of nitrogens with one attached hydrogen (secondary N) is 1. The zero-order valence-electron chi connectivity index (χ0n) is 14.4. The zero-order valence-corrected chi connectivity index (χ0v) is 14.4. The number of rotatable bonds is 8. The lowest BCUT2D eigenvalue weighted by atomic mass is 10.1. The number of aromatic amines is 1. The van der Waals surface area contributed by atoms with E-state index in [1.807, 2.05) is 19.9 Å². The first-order valence-corrected chi connectivity index (χ1v) is 8.22. The second-order valence-corrected chi connectivity index (χ2v) is 5.55. The van der Waals surface area contributed by atoms with E-state index >= 15 is 0 Å². The Morgan fingerprint density at radius 1 is 1.20 bits per heavy atom. The predicted molar refractivity (Wildman–Crippen MR) is 94.6 cm³/mol. The molecular formula is C17H22N4O4. The topological polar surface area (TPSA) is 118 Å². The number of esters is 1. The predicted octanol–water partition coefficient (Wildman–Crippen LogP) is 1.33. The van der Waals surface area contributed by atoms with Crippen LogP contribution in [-0.4, -0.2) is 35.2 Å². The highest BCUT2D eigenvalue weighted by Crippen LogP contribution is 2.26. The molecule has 0 saturated carbocycles. The molecule has 8 nitrogen and oxygen atoms in total. The lowest BCUT2D eigenvalue weighted by molar-refractivity contribution is -0.134. The van der Waals surface area contributed by atoms with Crippen LogP contribution in [0.25, 0.3) is 10.8 Å². The minimum atomic E-state index is -0.532. The van der Waals surface area contributed by atoms with Crippen molar-refractivity contribution in [1.29, 1.82) is 0 Å². The minimum absolute atomic E-state index is 0.0426. The molecule has 0 unspecified atom stereocenters. The van der Waals surface area contributed by atoms with E-state index in [9.17, 15) is 14.4 Å². The monoisotopic (exact) mass is 346 g/mol. The molecule has 0 aliphatic rings. The Morgan fingerprint density at radius 3 is 2.56 bits per heavy atom. The van der Waals surface area contributed by atoms with E-state index in [0.29, 0.717) is 17.2 Å². The third kappa shape index (κ3) is 4.56. The molecule has 134 valence electrons. The Bertz CT molecular complexity index is 827. The summed E-state index contributed by atoms with van der Waals surface area (Å²) >= 11 is 0. The third-order valence-electron chi connectivity index (χ3n) is 3.88. The van der Waals surface area contributed by atoms with Crippen molar-refractivity contribution in [2.24, 2.45) is 5.73 Å². The molecule has 0 spiro atoms. The number of anilines is 1. The highest BCUT2D eigenvalue weighted by atomic mass is 16.5. The maximum atomic E-state index is 12.0. The summed E-state index contributed by atoms with van der Waals surface area (Å²) < 4.78 is 5.28. The molecule has 1 heterocycles. The van der Waals surface area contributed by atoms with E-state index in [2.05, 4.69) is 15.1 Å². The lowest BCUT2D eigenvalue weighted by Gasteiger charge is -2.21. The van der Waals surface area contributed by atoms with Crippen LogP contribution in [0.1, 0.15) is 33.1 Å². The molecule has 0 atom stereocenters. The summed E-state index contributed by atoms with van der Waals surface area (Å²) in [4.78, 5) is 36.7. The molecule has 0 aliphatic carbocycles. The standard InChI is InChI=1S/C17H22N4O4/c1-3-21(4-2)11-8-9-12-13(10-11)17(20-19-16(12)24)25-15(23)7-5-6-14(18)22/h8-10H,3-7H2,1-2H3,(H2,18,22)(H,19,24). The normalized spacial score (nSPS) is 10.6. The zero-order chi connectivity index (χ0) is 18.4. The number of benzene rings is 1. The van der Waals surface area contributed by atoms with Crippen molar-refractivity contribution in [2.75, 3.05) is 18.0 Å². The van der Waals surface area contributed by atoms with Gasteiger partial charge in [0.2, 0.25) is 11.8 Å². The second-order valence-electron chi connectivity index (χ2n) is 5.55. The van der Waals surface area contributed by atoms with Gasteiger partial charge in [0.05, 0.1) is 10.8 Å². The number of hydrogen-bond donors (Lipinski definition) is 2. The van der Waals surface area contributed by atoms with Gasteiger partial charge in [-0.2, -0.15) is 0 Å². The number of aromatic nitrogens is 2. The average molecular weight is 346 g/mol. The molecule has 2 aromatic rings. The highest BCUT2D eigenvalue weighted by molar-refractivity contribution is 5.90. The lowest BCUT2D eigenvalue weighted by Crippen LogP contribution is -2.22. The molecule has 25 heavy (non-hydrogen) atoms. The fraction of sp³-hybridized carbons (Fsp3) is 0.412. The van der Waals surface area contributed by atoms with Crippen molar-refractivity contribution in [3.05, 3.63) is 28.6 Å². The third-order valence-corrected chi connectivity index (χ3v) is 3.88. The van der Waals surface area contributed by atoms with Crippen LogP contribution in [0.2, 0.25) is 0 Å². The molecule has 1 amide bonds. The van der Waals surface area contributed by atoms with Crippen LogP contribution in [0.5, 0.6) is 5.88 Å². The summed E-state index contributed by atoms with van der Waals surface area (Å²) in [5.74, 6) is -0.952. The van der Waals surface area contributed by atoms with E-state index in [-0.39, 0.29) is 24.3 Å². The van der Waals surface area contributed by atoms with Crippen LogP contribution < -0.4 is 20.9 Å². The molecule has 0 saturated heterocycles. The van der Waals surface area contributed by atoms with Gasteiger partial charge in [-0.3, -0.25) is 14.4 Å².